The van der Waals surface area contributed by atoms with Gasteiger partial charge in [-0.2, -0.15) is 0 Å². The molecule has 0 rings (SSSR count). The summed E-state index contributed by atoms with van der Waals surface area (Å²) in [6.07, 6.45) is 65.4. The van der Waals surface area contributed by atoms with Crippen molar-refractivity contribution in [1.82, 2.24) is 0 Å². The summed E-state index contributed by atoms with van der Waals surface area (Å²) in [5.74, 6) is 0. The minimum Gasteiger partial charge on any atom is -0.353 e. The van der Waals surface area contributed by atoms with E-state index in [1.54, 1.807) is 0 Å². The molecule has 7 heteroatoms. The summed E-state index contributed by atoms with van der Waals surface area (Å²) in [6, 6.07) is 0. The van der Waals surface area contributed by atoms with Crippen LogP contribution in [0.1, 0.15) is 337 Å². The molecule has 2 atom stereocenters. The second-order valence-corrected chi connectivity index (χ2v) is 21.7. The third-order valence-electron chi connectivity index (χ3n) is 14.2. The van der Waals surface area contributed by atoms with E-state index >= 15 is 0 Å². The molecule has 73 heavy (non-hydrogen) atoms. The Morgan fingerprint density at radius 1 is 0.233 bits per heavy atom. The molecule has 0 bridgehead atoms. The van der Waals surface area contributed by atoms with E-state index in [4.69, 9.17) is 33.2 Å². The van der Waals surface area contributed by atoms with Gasteiger partial charge in [-0.25, -0.2) is 0 Å². The molecule has 0 aromatic carbocycles. The fourth-order valence-corrected chi connectivity index (χ4v) is 9.31. The van der Waals surface area contributed by atoms with Crippen LogP contribution in [0.2, 0.25) is 0 Å². The molecule has 0 aliphatic rings. The lowest BCUT2D eigenvalue weighted by Crippen LogP contribution is -2.25. The van der Waals surface area contributed by atoms with E-state index in [0.29, 0.717) is 0 Å². The number of allylic oxidation sites excluding steroid dienone is 2. The summed E-state index contributed by atoms with van der Waals surface area (Å²) >= 11 is 0. The molecule has 2 unspecified atom stereocenters. The highest BCUT2D eigenvalue weighted by atomic mass is 16.8. The Hall–Kier alpha value is -0.800. The fraction of sp³-hybridized carbons (Fsp3) is 0.939. The minimum absolute atomic E-state index is 0.00373. The van der Waals surface area contributed by atoms with Gasteiger partial charge in [0, 0.05) is 26.4 Å². The zero-order valence-corrected chi connectivity index (χ0v) is 50.2. The Morgan fingerprint density at radius 3 is 0.753 bits per heavy atom. The topological polar surface area (TPSA) is 64.6 Å². The Balaban J connectivity index is 4.82. The van der Waals surface area contributed by atoms with Crippen LogP contribution in [0, 0.1) is 0 Å². The second kappa shape index (κ2) is 63.7. The molecule has 0 saturated heterocycles. The van der Waals surface area contributed by atoms with Crippen molar-refractivity contribution < 1.29 is 33.2 Å². The summed E-state index contributed by atoms with van der Waals surface area (Å²) < 4.78 is 44.0. The van der Waals surface area contributed by atoms with Crippen LogP contribution < -0.4 is 0 Å². The molecular weight excluding hydrogens is 905 g/mol. The molecular formula is C66H130O7. The fourth-order valence-electron chi connectivity index (χ4n) is 9.31. The van der Waals surface area contributed by atoms with Gasteiger partial charge in [-0.3, -0.25) is 0 Å². The lowest BCUT2D eigenvalue weighted by atomic mass is 10.1. The van der Waals surface area contributed by atoms with E-state index in [0.717, 1.165) is 104 Å². The maximum Gasteiger partial charge on any atom is 0.180 e. The summed E-state index contributed by atoms with van der Waals surface area (Å²) in [7, 11) is 0. The summed E-state index contributed by atoms with van der Waals surface area (Å²) in [5.41, 5.74) is 0. The maximum absolute atomic E-state index is 6.63. The lowest BCUT2D eigenvalue weighted by molar-refractivity contribution is -0.208. The van der Waals surface area contributed by atoms with E-state index in [1.165, 1.54) is 231 Å². The first kappa shape index (κ1) is 72.2. The quantitative estimate of drug-likeness (QED) is 0.0342. The van der Waals surface area contributed by atoms with Crippen molar-refractivity contribution in [3.63, 3.8) is 0 Å². The van der Waals surface area contributed by atoms with Crippen LogP contribution in [-0.4, -0.2) is 64.8 Å². The van der Waals surface area contributed by atoms with Crippen molar-refractivity contribution in [1.29, 1.82) is 0 Å². The molecule has 7 nitrogen and oxygen atoms in total. The first-order valence-electron chi connectivity index (χ1n) is 32.8. The molecule has 0 heterocycles. The van der Waals surface area contributed by atoms with Crippen LogP contribution >= 0.6 is 0 Å². The average Bonchev–Trinajstić information content (AvgIpc) is 3.40. The van der Waals surface area contributed by atoms with E-state index in [9.17, 15) is 0 Å². The smallest absolute Gasteiger partial charge is 0.180 e. The van der Waals surface area contributed by atoms with Crippen LogP contribution in [0.25, 0.3) is 0 Å². The summed E-state index contributed by atoms with van der Waals surface area (Å²) in [5, 5.41) is 0. The Morgan fingerprint density at radius 2 is 0.452 bits per heavy atom. The third kappa shape index (κ3) is 57.2. The first-order chi connectivity index (χ1) is 36.1. The SMILES string of the molecule is CCCCCCCCOC(C=CCCCCCCCCCCCC(OCCCCC)OCCCCC)OC(C=CCCCCCCCCCCCC(OCCCCC)OCCCCC)OCCCCCCCC. The standard InChI is InChI=1S/C66H130O7/c1-7-13-19-21-41-51-61-71-65(55-45-39-35-31-27-23-25-29-33-37-43-53-63(67-57-47-15-9-3)68-58-48-16-10-4)73-66(72-62-52-42-22-20-14-8-2)56-46-40-36-32-28-24-26-30-34-38-44-54-64(69-59-49-17-11-5)70-60-50-18-12-6/h45-46,55-56,63-66H,7-44,47-54,57-62H2,1-6H3. The largest absolute Gasteiger partial charge is 0.353 e. The first-order valence-corrected chi connectivity index (χ1v) is 32.8. The van der Waals surface area contributed by atoms with Gasteiger partial charge in [0.15, 0.2) is 25.2 Å². The molecule has 0 aromatic heterocycles. The van der Waals surface area contributed by atoms with Gasteiger partial charge in [-0.1, -0.05) is 259 Å². The highest BCUT2D eigenvalue weighted by Gasteiger charge is 2.15. The van der Waals surface area contributed by atoms with Gasteiger partial charge >= 0.3 is 0 Å². The van der Waals surface area contributed by atoms with Crippen LogP contribution in [-0.2, 0) is 33.2 Å². The van der Waals surface area contributed by atoms with Gasteiger partial charge in [-0.15, -0.1) is 0 Å². The number of rotatable bonds is 64. The van der Waals surface area contributed by atoms with Crippen molar-refractivity contribution in [3.05, 3.63) is 24.3 Å². The zero-order chi connectivity index (χ0) is 52.9. The maximum atomic E-state index is 6.63. The second-order valence-electron chi connectivity index (χ2n) is 21.7. The summed E-state index contributed by atoms with van der Waals surface area (Å²) in [6.45, 7) is 18.4. The molecule has 0 saturated carbocycles. The van der Waals surface area contributed by atoms with Crippen molar-refractivity contribution >= 4 is 0 Å². The van der Waals surface area contributed by atoms with Crippen LogP contribution in [0.5, 0.6) is 0 Å². The van der Waals surface area contributed by atoms with Crippen LogP contribution in [0.4, 0.5) is 0 Å². The van der Waals surface area contributed by atoms with Gasteiger partial charge in [0.2, 0.25) is 0 Å². The molecule has 0 spiro atoms. The van der Waals surface area contributed by atoms with E-state index < -0.39 is 0 Å². The Bertz CT molecular complexity index is 948. The lowest BCUT2D eigenvalue weighted by Gasteiger charge is -2.22. The predicted molar refractivity (Wildman–Crippen MR) is 317 cm³/mol. The number of unbranched alkanes of at least 4 members (excludes halogenated alkanes) is 36. The molecule has 0 aliphatic carbocycles. The predicted octanol–water partition coefficient (Wildman–Crippen LogP) is 21.6. The zero-order valence-electron chi connectivity index (χ0n) is 50.2. The Kier molecular flexibility index (Phi) is 63.0. The molecule has 0 aliphatic heterocycles. The normalized spacial score (nSPS) is 13.0. The molecule has 436 valence electrons. The number of ether oxygens (including phenoxy) is 7. The number of hydrogen-bond acceptors (Lipinski definition) is 7. The van der Waals surface area contributed by atoms with Crippen molar-refractivity contribution in [2.24, 2.45) is 0 Å². The summed E-state index contributed by atoms with van der Waals surface area (Å²) in [4.78, 5) is 0. The molecule has 0 radical (unpaired) electrons. The van der Waals surface area contributed by atoms with Crippen molar-refractivity contribution in [2.45, 2.75) is 362 Å². The van der Waals surface area contributed by atoms with Gasteiger partial charge in [0.1, 0.15) is 0 Å². The van der Waals surface area contributed by atoms with Gasteiger partial charge in [0.25, 0.3) is 0 Å². The monoisotopic (exact) mass is 1030 g/mol. The van der Waals surface area contributed by atoms with E-state index in [-0.39, 0.29) is 25.2 Å². The Labute approximate surface area is 457 Å². The highest BCUT2D eigenvalue weighted by Crippen LogP contribution is 2.19. The average molecular weight is 1040 g/mol. The van der Waals surface area contributed by atoms with Crippen molar-refractivity contribution in [2.75, 3.05) is 39.6 Å². The molecule has 0 N–H and O–H groups in total. The molecule has 0 fully saturated rings. The van der Waals surface area contributed by atoms with E-state index in [1.807, 2.05) is 0 Å². The van der Waals surface area contributed by atoms with E-state index in [2.05, 4.69) is 65.8 Å². The molecule has 0 aromatic rings. The van der Waals surface area contributed by atoms with Gasteiger partial charge in [-0.05, 0) is 102 Å². The highest BCUT2D eigenvalue weighted by molar-refractivity contribution is 4.90. The third-order valence-corrected chi connectivity index (χ3v) is 14.2. The van der Waals surface area contributed by atoms with Crippen molar-refractivity contribution in [3.8, 4) is 0 Å². The van der Waals surface area contributed by atoms with Crippen LogP contribution in [0.3, 0.4) is 0 Å². The molecule has 0 amide bonds. The van der Waals surface area contributed by atoms with Crippen LogP contribution in [0.15, 0.2) is 24.3 Å². The minimum atomic E-state index is -0.375. The number of hydrogen-bond donors (Lipinski definition) is 0. The van der Waals surface area contributed by atoms with Gasteiger partial charge in [0.05, 0.1) is 13.2 Å². The van der Waals surface area contributed by atoms with Gasteiger partial charge < -0.3 is 33.2 Å².